The highest BCUT2D eigenvalue weighted by Gasteiger charge is 2.25. The molecule has 0 saturated carbocycles. The monoisotopic (exact) mass is 351 g/mol. The highest BCUT2D eigenvalue weighted by Crippen LogP contribution is 2.31. The van der Waals surface area contributed by atoms with Crippen LogP contribution >= 0.6 is 0 Å². The van der Waals surface area contributed by atoms with E-state index >= 15 is 0 Å². The van der Waals surface area contributed by atoms with E-state index in [1.165, 1.54) is 3.97 Å². The van der Waals surface area contributed by atoms with Gasteiger partial charge in [0.2, 0.25) is 0 Å². The van der Waals surface area contributed by atoms with E-state index in [1.54, 1.807) is 36.5 Å². The van der Waals surface area contributed by atoms with Gasteiger partial charge in [0.15, 0.2) is 5.65 Å². The Morgan fingerprint density at radius 1 is 0.960 bits per heavy atom. The van der Waals surface area contributed by atoms with Crippen LogP contribution in [0.25, 0.3) is 22.4 Å². The Hall–Kier alpha value is -2.86. The molecule has 0 radical (unpaired) electrons. The molecule has 5 nitrogen and oxygen atoms in total. The van der Waals surface area contributed by atoms with Crippen molar-refractivity contribution in [3.8, 4) is 11.4 Å². The number of benzene rings is 1. The molecule has 25 heavy (non-hydrogen) atoms. The third-order valence-electron chi connectivity index (χ3n) is 4.29. The molecule has 0 aliphatic heterocycles. The molecular formula is C19H17N3O2S. The van der Waals surface area contributed by atoms with Gasteiger partial charge in [-0.05, 0) is 49.4 Å². The van der Waals surface area contributed by atoms with E-state index in [2.05, 4.69) is 4.98 Å². The summed E-state index contributed by atoms with van der Waals surface area (Å²) in [6, 6.07) is 16.2. The van der Waals surface area contributed by atoms with Gasteiger partial charge in [0, 0.05) is 24.8 Å². The van der Waals surface area contributed by atoms with Crippen molar-refractivity contribution in [3.63, 3.8) is 0 Å². The van der Waals surface area contributed by atoms with Gasteiger partial charge in [-0.25, -0.2) is 17.4 Å². The summed E-state index contributed by atoms with van der Waals surface area (Å²) < 4.78 is 30.0. The first-order valence-electron chi connectivity index (χ1n) is 7.89. The van der Waals surface area contributed by atoms with Crippen LogP contribution in [0.2, 0.25) is 0 Å². The topological polar surface area (TPSA) is 56.9 Å². The molecule has 0 saturated heterocycles. The molecule has 3 aromatic heterocycles. The highest BCUT2D eigenvalue weighted by atomic mass is 32.2. The SMILES string of the molecule is Cc1ccc(S(=O)(=O)n2c(-c3cccn3C)cc3cccnc32)cc1. The Kier molecular flexibility index (Phi) is 3.51. The zero-order valence-electron chi connectivity index (χ0n) is 13.9. The predicted octanol–water partition coefficient (Wildman–Crippen LogP) is 3.59. The number of pyridine rings is 1. The van der Waals surface area contributed by atoms with Gasteiger partial charge in [-0.15, -0.1) is 0 Å². The van der Waals surface area contributed by atoms with Crippen LogP contribution in [0.5, 0.6) is 0 Å². The lowest BCUT2D eigenvalue weighted by Crippen LogP contribution is -2.15. The molecule has 0 N–H and O–H groups in total. The maximum atomic E-state index is 13.4. The van der Waals surface area contributed by atoms with E-state index in [-0.39, 0.29) is 4.90 Å². The number of fused-ring (bicyclic) bond motifs is 1. The summed E-state index contributed by atoms with van der Waals surface area (Å²) in [6.45, 7) is 1.93. The fourth-order valence-electron chi connectivity index (χ4n) is 2.98. The largest absolute Gasteiger partial charge is 0.349 e. The van der Waals surface area contributed by atoms with Crippen LogP contribution in [-0.4, -0.2) is 21.9 Å². The molecule has 3 heterocycles. The maximum Gasteiger partial charge on any atom is 0.269 e. The van der Waals surface area contributed by atoms with E-state index in [4.69, 9.17) is 0 Å². The molecule has 4 rings (SSSR count). The van der Waals surface area contributed by atoms with Crippen LogP contribution in [0.3, 0.4) is 0 Å². The van der Waals surface area contributed by atoms with Gasteiger partial charge in [-0.1, -0.05) is 17.7 Å². The summed E-state index contributed by atoms with van der Waals surface area (Å²) >= 11 is 0. The Morgan fingerprint density at radius 3 is 2.40 bits per heavy atom. The van der Waals surface area contributed by atoms with Crippen LogP contribution in [0.1, 0.15) is 5.56 Å². The van der Waals surface area contributed by atoms with Crippen LogP contribution in [0.15, 0.2) is 71.9 Å². The van der Waals surface area contributed by atoms with Crippen LogP contribution in [0.4, 0.5) is 0 Å². The number of hydrogen-bond acceptors (Lipinski definition) is 3. The molecule has 4 aromatic rings. The molecule has 0 amide bonds. The van der Waals surface area contributed by atoms with Crippen molar-refractivity contribution in [3.05, 3.63) is 72.6 Å². The third-order valence-corrected chi connectivity index (χ3v) is 6.00. The molecule has 126 valence electrons. The second-order valence-electron chi connectivity index (χ2n) is 6.03. The highest BCUT2D eigenvalue weighted by molar-refractivity contribution is 7.90. The van der Waals surface area contributed by atoms with Gasteiger partial charge in [0.1, 0.15) is 0 Å². The van der Waals surface area contributed by atoms with Crippen molar-refractivity contribution >= 4 is 21.1 Å². The van der Waals surface area contributed by atoms with Gasteiger partial charge in [0.05, 0.1) is 16.3 Å². The number of aryl methyl sites for hydroxylation is 2. The minimum absolute atomic E-state index is 0.247. The van der Waals surface area contributed by atoms with Gasteiger partial charge in [-0.2, -0.15) is 0 Å². The van der Waals surface area contributed by atoms with Crippen molar-refractivity contribution in [1.29, 1.82) is 0 Å². The summed E-state index contributed by atoms with van der Waals surface area (Å²) in [6.07, 6.45) is 3.50. The van der Waals surface area contributed by atoms with Crippen LogP contribution < -0.4 is 0 Å². The molecule has 0 spiro atoms. The number of hydrogen-bond donors (Lipinski definition) is 0. The number of aromatic nitrogens is 3. The Labute approximate surface area is 146 Å². The van der Waals surface area contributed by atoms with E-state index in [0.29, 0.717) is 11.3 Å². The molecule has 0 unspecified atom stereocenters. The second-order valence-corrected chi connectivity index (χ2v) is 7.82. The van der Waals surface area contributed by atoms with Crippen molar-refractivity contribution in [1.82, 2.24) is 13.5 Å². The predicted molar refractivity (Wildman–Crippen MR) is 97.9 cm³/mol. The Balaban J connectivity index is 2.06. The van der Waals surface area contributed by atoms with Crippen molar-refractivity contribution in [2.75, 3.05) is 0 Å². The fourth-order valence-corrected chi connectivity index (χ4v) is 4.45. The molecule has 6 heteroatoms. The maximum absolute atomic E-state index is 13.4. The third kappa shape index (κ3) is 2.46. The minimum atomic E-state index is -3.77. The van der Waals surface area contributed by atoms with Crippen molar-refractivity contribution in [2.45, 2.75) is 11.8 Å². The van der Waals surface area contributed by atoms with Gasteiger partial charge >= 0.3 is 0 Å². The summed E-state index contributed by atoms with van der Waals surface area (Å²) in [5, 5.41) is 0.786. The van der Waals surface area contributed by atoms with Gasteiger partial charge < -0.3 is 4.57 Å². The molecule has 0 bridgehead atoms. The quantitative estimate of drug-likeness (QED) is 0.567. The lowest BCUT2D eigenvalue weighted by Gasteiger charge is -2.12. The minimum Gasteiger partial charge on any atom is -0.349 e. The summed E-state index contributed by atoms with van der Waals surface area (Å²) in [5.74, 6) is 0. The van der Waals surface area contributed by atoms with E-state index in [1.807, 2.05) is 49.0 Å². The van der Waals surface area contributed by atoms with E-state index in [9.17, 15) is 8.42 Å². The smallest absolute Gasteiger partial charge is 0.269 e. The van der Waals surface area contributed by atoms with Crippen molar-refractivity contribution < 1.29 is 8.42 Å². The summed E-state index contributed by atoms with van der Waals surface area (Å²) in [5.41, 5.74) is 2.85. The zero-order valence-corrected chi connectivity index (χ0v) is 14.7. The first-order chi connectivity index (χ1) is 12.0. The van der Waals surface area contributed by atoms with E-state index in [0.717, 1.165) is 16.6 Å². The first kappa shape index (κ1) is 15.7. The second kappa shape index (κ2) is 5.60. The molecule has 0 aliphatic rings. The summed E-state index contributed by atoms with van der Waals surface area (Å²) in [7, 11) is -1.88. The molecule has 0 fully saturated rings. The normalized spacial score (nSPS) is 11.9. The van der Waals surface area contributed by atoms with Gasteiger partial charge in [0.25, 0.3) is 10.0 Å². The number of rotatable bonds is 3. The molecule has 1 aromatic carbocycles. The molecular weight excluding hydrogens is 334 g/mol. The lowest BCUT2D eigenvalue weighted by atomic mass is 10.2. The summed E-state index contributed by atoms with van der Waals surface area (Å²) in [4.78, 5) is 4.57. The Bertz CT molecular complexity index is 1170. The first-order valence-corrected chi connectivity index (χ1v) is 9.33. The Morgan fingerprint density at radius 2 is 1.72 bits per heavy atom. The number of nitrogens with zero attached hydrogens (tertiary/aromatic N) is 3. The molecule has 0 atom stereocenters. The van der Waals surface area contributed by atoms with Crippen molar-refractivity contribution in [2.24, 2.45) is 7.05 Å². The van der Waals surface area contributed by atoms with Crippen LogP contribution in [-0.2, 0) is 17.1 Å². The standard InChI is InChI=1S/C19H17N3O2S/c1-14-7-9-16(10-8-14)25(23,24)22-18(17-6-4-12-21(17)2)13-15-5-3-11-20-19(15)22/h3-13H,1-2H3. The zero-order chi connectivity index (χ0) is 17.6. The average molecular weight is 351 g/mol. The fraction of sp³-hybridized carbons (Fsp3) is 0.105. The van der Waals surface area contributed by atoms with Crippen LogP contribution in [0, 0.1) is 6.92 Å². The lowest BCUT2D eigenvalue weighted by molar-refractivity contribution is 0.589. The van der Waals surface area contributed by atoms with Gasteiger partial charge in [-0.3, -0.25) is 0 Å². The molecule has 0 aliphatic carbocycles. The average Bonchev–Trinajstić information content (AvgIpc) is 3.18. The van der Waals surface area contributed by atoms with E-state index < -0.39 is 10.0 Å².